The normalized spacial score (nSPS) is 10.4. The summed E-state index contributed by atoms with van der Waals surface area (Å²) < 4.78 is 14.6. The van der Waals surface area contributed by atoms with Crippen molar-refractivity contribution in [3.63, 3.8) is 0 Å². The second kappa shape index (κ2) is 4.45. The fourth-order valence-electron chi connectivity index (χ4n) is 1.37. The van der Waals surface area contributed by atoms with E-state index in [2.05, 4.69) is 4.98 Å². The molecule has 0 amide bonds. The molecular formula is C11H8ClFN2O. The zero-order valence-electron chi connectivity index (χ0n) is 8.23. The average Bonchev–Trinajstić information content (AvgIpc) is 2.71. The summed E-state index contributed by atoms with van der Waals surface area (Å²) in [6, 6.07) is 4.51. The van der Waals surface area contributed by atoms with Gasteiger partial charge in [0.1, 0.15) is 11.5 Å². The molecule has 0 N–H and O–H groups in total. The van der Waals surface area contributed by atoms with E-state index in [1.165, 1.54) is 6.07 Å². The van der Waals surface area contributed by atoms with E-state index in [-0.39, 0.29) is 5.02 Å². The smallest absolute Gasteiger partial charge is 0.169 e. The fraction of sp³-hybridized carbons (Fsp3) is 0.0909. The molecule has 0 aliphatic rings. The Balaban J connectivity index is 2.20. The molecule has 2 aromatic rings. The Morgan fingerprint density at radius 3 is 2.94 bits per heavy atom. The van der Waals surface area contributed by atoms with Crippen LogP contribution in [0.5, 0.6) is 0 Å². The second-order valence-electron chi connectivity index (χ2n) is 3.34. The van der Waals surface area contributed by atoms with Gasteiger partial charge in [0.25, 0.3) is 0 Å². The largest absolute Gasteiger partial charge is 0.332 e. The van der Waals surface area contributed by atoms with Crippen LogP contribution in [0.3, 0.4) is 0 Å². The topological polar surface area (TPSA) is 34.9 Å². The maximum absolute atomic E-state index is 12.9. The Labute approximate surface area is 96.5 Å². The molecule has 0 bridgehead atoms. The van der Waals surface area contributed by atoms with Gasteiger partial charge in [-0.2, -0.15) is 0 Å². The molecule has 0 atom stereocenters. The SMILES string of the molecule is O=Cc1cn(Cc2ccc(F)c(Cl)c2)cn1. The fourth-order valence-corrected chi connectivity index (χ4v) is 1.58. The van der Waals surface area contributed by atoms with E-state index < -0.39 is 5.82 Å². The Bertz CT molecular complexity index is 524. The minimum Gasteiger partial charge on any atom is -0.332 e. The molecule has 82 valence electrons. The van der Waals surface area contributed by atoms with Crippen LogP contribution in [0.2, 0.25) is 5.02 Å². The first-order chi connectivity index (χ1) is 7.69. The van der Waals surface area contributed by atoms with Crippen LogP contribution in [0.25, 0.3) is 0 Å². The van der Waals surface area contributed by atoms with Crippen molar-refractivity contribution in [2.45, 2.75) is 6.54 Å². The second-order valence-corrected chi connectivity index (χ2v) is 3.74. The zero-order valence-corrected chi connectivity index (χ0v) is 8.99. The first-order valence-electron chi connectivity index (χ1n) is 4.60. The number of hydrogen-bond acceptors (Lipinski definition) is 2. The Morgan fingerprint density at radius 2 is 2.31 bits per heavy atom. The molecule has 0 saturated carbocycles. The number of nitrogens with zero attached hydrogens (tertiary/aromatic N) is 2. The van der Waals surface area contributed by atoms with Gasteiger partial charge in [-0.1, -0.05) is 17.7 Å². The first-order valence-corrected chi connectivity index (χ1v) is 4.97. The van der Waals surface area contributed by atoms with Crippen molar-refractivity contribution in [2.75, 3.05) is 0 Å². The van der Waals surface area contributed by atoms with E-state index in [0.29, 0.717) is 18.5 Å². The summed E-state index contributed by atoms with van der Waals surface area (Å²) in [6.45, 7) is 0.501. The minimum atomic E-state index is -0.440. The van der Waals surface area contributed by atoms with Crippen molar-refractivity contribution >= 4 is 17.9 Å². The number of halogens is 2. The van der Waals surface area contributed by atoms with Gasteiger partial charge >= 0.3 is 0 Å². The summed E-state index contributed by atoms with van der Waals surface area (Å²) in [5, 5.41) is 0.0910. The number of carbonyl (C=O) groups excluding carboxylic acids is 1. The Kier molecular flexibility index (Phi) is 3.01. The molecule has 1 aromatic heterocycles. The number of aromatic nitrogens is 2. The van der Waals surface area contributed by atoms with Gasteiger partial charge in [-0.15, -0.1) is 0 Å². The van der Waals surface area contributed by atoms with Crippen molar-refractivity contribution in [1.82, 2.24) is 9.55 Å². The highest BCUT2D eigenvalue weighted by molar-refractivity contribution is 6.30. The highest BCUT2D eigenvalue weighted by Crippen LogP contribution is 2.16. The van der Waals surface area contributed by atoms with Gasteiger partial charge in [-0.3, -0.25) is 4.79 Å². The van der Waals surface area contributed by atoms with Crippen molar-refractivity contribution in [1.29, 1.82) is 0 Å². The van der Waals surface area contributed by atoms with E-state index >= 15 is 0 Å². The molecule has 3 nitrogen and oxygen atoms in total. The van der Waals surface area contributed by atoms with Crippen LogP contribution in [0.1, 0.15) is 16.1 Å². The highest BCUT2D eigenvalue weighted by atomic mass is 35.5. The molecule has 0 radical (unpaired) electrons. The molecule has 2 rings (SSSR count). The van der Waals surface area contributed by atoms with E-state index in [1.54, 1.807) is 29.2 Å². The average molecular weight is 239 g/mol. The predicted octanol–water partition coefficient (Wildman–Crippen LogP) is 2.54. The molecule has 5 heteroatoms. The van der Waals surface area contributed by atoms with Crippen molar-refractivity contribution in [3.8, 4) is 0 Å². The van der Waals surface area contributed by atoms with Gasteiger partial charge in [0.2, 0.25) is 0 Å². The molecule has 0 fully saturated rings. The molecule has 16 heavy (non-hydrogen) atoms. The number of benzene rings is 1. The lowest BCUT2D eigenvalue weighted by molar-refractivity contribution is 0.111. The third kappa shape index (κ3) is 2.28. The predicted molar refractivity (Wildman–Crippen MR) is 58.1 cm³/mol. The minimum absolute atomic E-state index is 0.0910. The van der Waals surface area contributed by atoms with Crippen LogP contribution in [-0.4, -0.2) is 15.8 Å². The number of imidazole rings is 1. The molecule has 0 saturated heterocycles. The number of aldehydes is 1. The summed E-state index contributed by atoms with van der Waals surface area (Å²) in [6.07, 6.45) is 3.83. The van der Waals surface area contributed by atoms with Gasteiger partial charge in [-0.05, 0) is 17.7 Å². The Morgan fingerprint density at radius 1 is 1.50 bits per heavy atom. The summed E-state index contributed by atoms with van der Waals surface area (Å²) in [5.41, 5.74) is 1.22. The molecule has 0 aliphatic carbocycles. The third-order valence-corrected chi connectivity index (χ3v) is 2.41. The lowest BCUT2D eigenvalue weighted by Crippen LogP contribution is -1.96. The van der Waals surface area contributed by atoms with Crippen LogP contribution in [-0.2, 0) is 6.54 Å². The van der Waals surface area contributed by atoms with Crippen molar-refractivity contribution in [2.24, 2.45) is 0 Å². The van der Waals surface area contributed by atoms with Gasteiger partial charge in [0.15, 0.2) is 6.29 Å². The van der Waals surface area contributed by atoms with E-state index in [0.717, 1.165) is 5.56 Å². The number of carbonyl (C=O) groups is 1. The third-order valence-electron chi connectivity index (χ3n) is 2.12. The van der Waals surface area contributed by atoms with E-state index in [9.17, 15) is 9.18 Å². The van der Waals surface area contributed by atoms with Crippen LogP contribution in [0, 0.1) is 5.82 Å². The summed E-state index contributed by atoms with van der Waals surface area (Å²) in [7, 11) is 0. The van der Waals surface area contributed by atoms with Gasteiger partial charge in [0, 0.05) is 12.7 Å². The van der Waals surface area contributed by atoms with Crippen molar-refractivity contribution < 1.29 is 9.18 Å². The molecule has 0 spiro atoms. The molecule has 1 aromatic carbocycles. The van der Waals surface area contributed by atoms with Crippen molar-refractivity contribution in [3.05, 3.63) is 52.8 Å². The summed E-state index contributed by atoms with van der Waals surface area (Å²) in [4.78, 5) is 14.3. The van der Waals surface area contributed by atoms with Crippen LogP contribution >= 0.6 is 11.6 Å². The molecule has 0 aliphatic heterocycles. The monoisotopic (exact) mass is 238 g/mol. The highest BCUT2D eigenvalue weighted by Gasteiger charge is 2.02. The lowest BCUT2D eigenvalue weighted by Gasteiger charge is -2.03. The Hall–Kier alpha value is -1.68. The summed E-state index contributed by atoms with van der Waals surface area (Å²) in [5.74, 6) is -0.440. The standard InChI is InChI=1S/C11H8ClFN2O/c12-10-3-8(1-2-11(10)13)4-15-5-9(6-16)14-7-15/h1-3,5-7H,4H2. The molecule has 1 heterocycles. The molecular weight excluding hydrogens is 231 g/mol. The summed E-state index contributed by atoms with van der Waals surface area (Å²) >= 11 is 5.66. The van der Waals surface area contributed by atoms with Crippen LogP contribution in [0.4, 0.5) is 4.39 Å². The van der Waals surface area contributed by atoms with Crippen LogP contribution in [0.15, 0.2) is 30.7 Å². The maximum atomic E-state index is 12.9. The number of hydrogen-bond donors (Lipinski definition) is 0. The van der Waals surface area contributed by atoms with Gasteiger partial charge in [-0.25, -0.2) is 9.37 Å². The number of rotatable bonds is 3. The van der Waals surface area contributed by atoms with E-state index in [1.807, 2.05) is 0 Å². The van der Waals surface area contributed by atoms with E-state index in [4.69, 9.17) is 11.6 Å². The molecule has 0 unspecified atom stereocenters. The van der Waals surface area contributed by atoms with Gasteiger partial charge < -0.3 is 4.57 Å². The van der Waals surface area contributed by atoms with Gasteiger partial charge in [0.05, 0.1) is 11.3 Å². The maximum Gasteiger partial charge on any atom is 0.169 e. The lowest BCUT2D eigenvalue weighted by atomic mass is 10.2. The first kappa shape index (κ1) is 10.8. The zero-order chi connectivity index (χ0) is 11.5. The van der Waals surface area contributed by atoms with Crippen LogP contribution < -0.4 is 0 Å². The quantitative estimate of drug-likeness (QED) is 0.771.